The molecule has 0 aliphatic carbocycles. The van der Waals surface area contributed by atoms with Crippen molar-refractivity contribution in [3.63, 3.8) is 0 Å². The Hall–Kier alpha value is -2.04. The second-order valence-electron chi connectivity index (χ2n) is 4.97. The van der Waals surface area contributed by atoms with E-state index in [0.29, 0.717) is 17.9 Å². The fourth-order valence-corrected chi connectivity index (χ4v) is 1.89. The first-order valence-electron chi connectivity index (χ1n) is 6.33. The zero-order chi connectivity index (χ0) is 14.0. The Balaban J connectivity index is 2.14. The molecule has 0 aliphatic heterocycles. The highest BCUT2D eigenvalue weighted by atomic mass is 16.3. The monoisotopic (exact) mass is 261 g/mol. The van der Waals surface area contributed by atoms with Crippen LogP contribution < -0.4 is 0 Å². The zero-order valence-electron chi connectivity index (χ0n) is 11.7. The predicted molar refractivity (Wildman–Crippen MR) is 71.9 cm³/mol. The summed E-state index contributed by atoms with van der Waals surface area (Å²) in [5.41, 5.74) is 0.623. The van der Waals surface area contributed by atoms with Crippen molar-refractivity contribution >= 4 is 5.91 Å². The van der Waals surface area contributed by atoms with E-state index in [2.05, 4.69) is 9.97 Å². The van der Waals surface area contributed by atoms with Gasteiger partial charge < -0.3 is 14.3 Å². The molecule has 19 heavy (non-hydrogen) atoms. The van der Waals surface area contributed by atoms with Crippen LogP contribution in [0.2, 0.25) is 0 Å². The van der Waals surface area contributed by atoms with Gasteiger partial charge in [-0.25, -0.2) is 4.98 Å². The predicted octanol–water partition coefficient (Wildman–Crippen LogP) is 2.71. The maximum Gasteiger partial charge on any atom is 0.257 e. The average molecular weight is 261 g/mol. The van der Waals surface area contributed by atoms with Gasteiger partial charge in [-0.2, -0.15) is 0 Å². The maximum atomic E-state index is 12.4. The molecule has 1 N–H and O–H groups in total. The lowest BCUT2D eigenvalue weighted by Crippen LogP contribution is -2.26. The standard InChI is InChI=1S/C14H19N3O2/c1-9(2)12-7-11(10(3)19-12)14(18)17(4)8-13-15-5-6-16-13/h5-7,9H,8H2,1-4H3,(H,15,16). The number of nitrogens with one attached hydrogen (secondary N) is 1. The molecule has 0 aliphatic rings. The number of furan rings is 1. The molecule has 5 heteroatoms. The van der Waals surface area contributed by atoms with Crippen molar-refractivity contribution in [1.82, 2.24) is 14.9 Å². The van der Waals surface area contributed by atoms with Gasteiger partial charge in [-0.1, -0.05) is 13.8 Å². The van der Waals surface area contributed by atoms with E-state index in [4.69, 9.17) is 4.42 Å². The molecule has 0 saturated carbocycles. The van der Waals surface area contributed by atoms with Gasteiger partial charge in [0.15, 0.2) is 0 Å². The third kappa shape index (κ3) is 2.86. The number of hydrogen-bond acceptors (Lipinski definition) is 3. The molecule has 2 aromatic heterocycles. The summed E-state index contributed by atoms with van der Waals surface area (Å²) in [7, 11) is 1.76. The van der Waals surface area contributed by atoms with Gasteiger partial charge in [0.05, 0.1) is 12.1 Å². The average Bonchev–Trinajstić information content (AvgIpc) is 2.97. The van der Waals surface area contributed by atoms with Crippen molar-refractivity contribution in [2.24, 2.45) is 0 Å². The van der Waals surface area contributed by atoms with Gasteiger partial charge in [-0.05, 0) is 13.0 Å². The summed E-state index contributed by atoms with van der Waals surface area (Å²) in [6.45, 7) is 6.35. The maximum absolute atomic E-state index is 12.4. The number of hydrogen-bond donors (Lipinski definition) is 1. The van der Waals surface area contributed by atoms with E-state index in [1.165, 1.54) is 0 Å². The number of nitrogens with zero attached hydrogens (tertiary/aromatic N) is 2. The molecule has 0 aromatic carbocycles. The Morgan fingerprint density at radius 3 is 2.79 bits per heavy atom. The largest absolute Gasteiger partial charge is 0.465 e. The van der Waals surface area contributed by atoms with E-state index in [0.717, 1.165) is 11.6 Å². The van der Waals surface area contributed by atoms with E-state index >= 15 is 0 Å². The summed E-state index contributed by atoms with van der Waals surface area (Å²) in [5, 5.41) is 0. The second-order valence-corrected chi connectivity index (χ2v) is 4.97. The molecule has 0 spiro atoms. The smallest absolute Gasteiger partial charge is 0.257 e. The van der Waals surface area contributed by atoms with Crippen LogP contribution in [0.5, 0.6) is 0 Å². The van der Waals surface area contributed by atoms with Crippen LogP contribution in [0.25, 0.3) is 0 Å². The molecular weight excluding hydrogens is 242 g/mol. The molecule has 2 heterocycles. The molecule has 102 valence electrons. The van der Waals surface area contributed by atoms with Crippen LogP contribution in [0.4, 0.5) is 0 Å². The highest BCUT2D eigenvalue weighted by molar-refractivity contribution is 5.95. The van der Waals surface area contributed by atoms with Crippen LogP contribution in [0.3, 0.4) is 0 Å². The minimum Gasteiger partial charge on any atom is -0.465 e. The summed E-state index contributed by atoms with van der Waals surface area (Å²) in [6, 6.07) is 1.83. The lowest BCUT2D eigenvalue weighted by molar-refractivity contribution is 0.0780. The number of rotatable bonds is 4. The molecular formula is C14H19N3O2. The molecule has 2 rings (SSSR count). The summed E-state index contributed by atoms with van der Waals surface area (Å²) >= 11 is 0. The Bertz CT molecular complexity index is 555. The number of aromatic nitrogens is 2. The van der Waals surface area contributed by atoms with Gasteiger partial charge in [-0.15, -0.1) is 0 Å². The molecule has 0 bridgehead atoms. The van der Waals surface area contributed by atoms with Crippen molar-refractivity contribution in [3.8, 4) is 0 Å². The van der Waals surface area contributed by atoms with Gasteiger partial charge in [0.1, 0.15) is 17.3 Å². The van der Waals surface area contributed by atoms with Gasteiger partial charge >= 0.3 is 0 Å². The number of carbonyl (C=O) groups excluding carboxylic acids is 1. The number of imidazole rings is 1. The second kappa shape index (κ2) is 5.30. The number of aromatic amines is 1. The van der Waals surface area contributed by atoms with Crippen molar-refractivity contribution in [1.29, 1.82) is 0 Å². The Morgan fingerprint density at radius 1 is 1.53 bits per heavy atom. The van der Waals surface area contributed by atoms with Crippen molar-refractivity contribution in [3.05, 3.63) is 41.4 Å². The first kappa shape index (κ1) is 13.4. The summed E-state index contributed by atoms with van der Waals surface area (Å²) in [6.07, 6.45) is 3.42. The van der Waals surface area contributed by atoms with Crippen LogP contribution in [0.15, 0.2) is 22.9 Å². The molecule has 0 atom stereocenters. The van der Waals surface area contributed by atoms with Gasteiger partial charge in [0.25, 0.3) is 5.91 Å². The number of aryl methyl sites for hydroxylation is 1. The van der Waals surface area contributed by atoms with Crippen molar-refractivity contribution < 1.29 is 9.21 Å². The van der Waals surface area contributed by atoms with Gasteiger partial charge in [-0.3, -0.25) is 4.79 Å². The summed E-state index contributed by atoms with van der Waals surface area (Å²) in [4.78, 5) is 21.1. The Kier molecular flexibility index (Phi) is 3.74. The molecule has 2 aromatic rings. The van der Waals surface area contributed by atoms with Crippen LogP contribution in [-0.2, 0) is 6.54 Å². The van der Waals surface area contributed by atoms with Crippen molar-refractivity contribution in [2.75, 3.05) is 7.05 Å². The third-order valence-electron chi connectivity index (χ3n) is 3.02. The van der Waals surface area contributed by atoms with Gasteiger partial charge in [0, 0.05) is 25.4 Å². The highest BCUT2D eigenvalue weighted by Gasteiger charge is 2.20. The quantitative estimate of drug-likeness (QED) is 0.920. The summed E-state index contributed by atoms with van der Waals surface area (Å²) < 4.78 is 5.61. The van der Waals surface area contributed by atoms with Crippen LogP contribution in [-0.4, -0.2) is 27.8 Å². The van der Waals surface area contributed by atoms with E-state index in [9.17, 15) is 4.79 Å². The molecule has 0 unspecified atom stereocenters. The normalized spacial score (nSPS) is 11.0. The van der Waals surface area contributed by atoms with E-state index in [1.54, 1.807) is 24.3 Å². The lowest BCUT2D eigenvalue weighted by atomic mass is 10.1. The number of H-pyrrole nitrogens is 1. The Labute approximate surface area is 112 Å². The number of amides is 1. The molecule has 0 saturated heterocycles. The highest BCUT2D eigenvalue weighted by Crippen LogP contribution is 2.22. The fourth-order valence-electron chi connectivity index (χ4n) is 1.89. The first-order chi connectivity index (χ1) is 8.99. The summed E-state index contributed by atoms with van der Waals surface area (Å²) in [5.74, 6) is 2.49. The van der Waals surface area contributed by atoms with Crippen LogP contribution in [0.1, 0.15) is 47.5 Å². The molecule has 1 amide bonds. The van der Waals surface area contributed by atoms with Crippen molar-refractivity contribution in [2.45, 2.75) is 33.2 Å². The fraction of sp³-hybridized carbons (Fsp3) is 0.429. The van der Waals surface area contributed by atoms with Crippen LogP contribution >= 0.6 is 0 Å². The minimum atomic E-state index is -0.0513. The molecule has 0 radical (unpaired) electrons. The van der Waals surface area contributed by atoms with Crippen LogP contribution in [0, 0.1) is 6.92 Å². The van der Waals surface area contributed by atoms with E-state index in [1.807, 2.05) is 26.8 Å². The molecule has 5 nitrogen and oxygen atoms in total. The Morgan fingerprint density at radius 2 is 2.26 bits per heavy atom. The topological polar surface area (TPSA) is 62.1 Å². The lowest BCUT2D eigenvalue weighted by Gasteiger charge is -2.14. The number of carbonyl (C=O) groups is 1. The first-order valence-corrected chi connectivity index (χ1v) is 6.33. The van der Waals surface area contributed by atoms with Gasteiger partial charge in [0.2, 0.25) is 0 Å². The molecule has 0 fully saturated rings. The minimum absolute atomic E-state index is 0.0513. The SMILES string of the molecule is Cc1oc(C(C)C)cc1C(=O)N(C)Cc1ncc[nH]1. The third-order valence-corrected chi connectivity index (χ3v) is 3.02. The van der Waals surface area contributed by atoms with E-state index in [-0.39, 0.29) is 11.8 Å². The van der Waals surface area contributed by atoms with E-state index < -0.39 is 0 Å². The zero-order valence-corrected chi connectivity index (χ0v) is 11.7.